The number of anilines is 1. The maximum Gasteiger partial charge on any atom is 0.264 e. The number of amides is 1. The van der Waals surface area contributed by atoms with Crippen LogP contribution < -0.4 is 4.31 Å². The fraction of sp³-hybridized carbons (Fsp3) is 0.381. The Kier molecular flexibility index (Phi) is 6.36. The fourth-order valence-electron chi connectivity index (χ4n) is 3.35. The second-order valence-corrected chi connectivity index (χ2v) is 8.85. The van der Waals surface area contributed by atoms with Crippen molar-refractivity contribution in [1.29, 1.82) is 0 Å². The predicted octanol–water partition coefficient (Wildman–Crippen LogP) is 2.22. The minimum atomic E-state index is -3.86. The van der Waals surface area contributed by atoms with Gasteiger partial charge >= 0.3 is 0 Å². The molecule has 1 aliphatic heterocycles. The molecule has 0 N–H and O–H groups in total. The van der Waals surface area contributed by atoms with Crippen LogP contribution >= 0.6 is 0 Å². The lowest BCUT2D eigenvalue weighted by Gasteiger charge is -2.34. The highest BCUT2D eigenvalue weighted by Gasteiger charge is 2.30. The quantitative estimate of drug-likeness (QED) is 0.745. The Hall–Kier alpha value is -2.38. The van der Waals surface area contributed by atoms with Gasteiger partial charge in [-0.15, -0.1) is 0 Å². The largest absolute Gasteiger partial charge is 0.339 e. The third-order valence-electron chi connectivity index (χ3n) is 5.11. The zero-order valence-corrected chi connectivity index (χ0v) is 17.2. The summed E-state index contributed by atoms with van der Waals surface area (Å²) >= 11 is 0. The minimum absolute atomic E-state index is 0.168. The van der Waals surface area contributed by atoms with E-state index in [-0.39, 0.29) is 17.3 Å². The molecule has 150 valence electrons. The van der Waals surface area contributed by atoms with Crippen LogP contribution in [-0.4, -0.2) is 63.9 Å². The van der Waals surface area contributed by atoms with Gasteiger partial charge in [0.25, 0.3) is 10.0 Å². The van der Waals surface area contributed by atoms with Crippen LogP contribution in [0.4, 0.5) is 5.69 Å². The van der Waals surface area contributed by atoms with Gasteiger partial charge in [-0.25, -0.2) is 8.42 Å². The summed E-state index contributed by atoms with van der Waals surface area (Å²) < 4.78 is 28.1. The van der Waals surface area contributed by atoms with Gasteiger partial charge in [0, 0.05) is 26.2 Å². The number of rotatable bonds is 6. The lowest BCUT2D eigenvalue weighted by atomic mass is 10.1. The third kappa shape index (κ3) is 4.36. The van der Waals surface area contributed by atoms with E-state index in [0.717, 1.165) is 18.7 Å². The van der Waals surface area contributed by atoms with Crippen LogP contribution in [0.15, 0.2) is 59.5 Å². The molecule has 3 rings (SSSR count). The van der Waals surface area contributed by atoms with Crippen LogP contribution in [0.5, 0.6) is 0 Å². The number of carbonyl (C=O) groups excluding carboxylic acids is 1. The molecule has 1 fully saturated rings. The van der Waals surface area contributed by atoms with Crippen molar-refractivity contribution in [3.8, 4) is 0 Å². The van der Waals surface area contributed by atoms with E-state index in [4.69, 9.17) is 0 Å². The Morgan fingerprint density at radius 1 is 0.964 bits per heavy atom. The summed E-state index contributed by atoms with van der Waals surface area (Å²) in [6.07, 6.45) is 0.680. The van der Waals surface area contributed by atoms with E-state index >= 15 is 0 Å². The smallest absolute Gasteiger partial charge is 0.264 e. The molecule has 0 atom stereocenters. The molecule has 0 spiro atoms. The summed E-state index contributed by atoms with van der Waals surface area (Å²) in [5.41, 5.74) is 1.46. The van der Waals surface area contributed by atoms with Crippen molar-refractivity contribution in [2.24, 2.45) is 0 Å². The van der Waals surface area contributed by atoms with Crippen molar-refractivity contribution in [2.75, 3.05) is 44.1 Å². The van der Waals surface area contributed by atoms with Crippen LogP contribution in [0.2, 0.25) is 0 Å². The molecule has 0 aliphatic carbocycles. The van der Waals surface area contributed by atoms with Crippen LogP contribution in [0.3, 0.4) is 0 Å². The third-order valence-corrected chi connectivity index (χ3v) is 6.88. The molecular formula is C21H27N3O3S. The Balaban J connectivity index is 1.97. The van der Waals surface area contributed by atoms with Crippen LogP contribution in [-0.2, 0) is 21.2 Å². The Morgan fingerprint density at radius 3 is 2.21 bits per heavy atom. The average Bonchev–Trinajstić information content (AvgIpc) is 2.73. The zero-order chi connectivity index (χ0) is 20.1. The Morgan fingerprint density at radius 2 is 1.57 bits per heavy atom. The van der Waals surface area contributed by atoms with Crippen molar-refractivity contribution in [3.63, 3.8) is 0 Å². The second kappa shape index (κ2) is 8.75. The highest BCUT2D eigenvalue weighted by Crippen LogP contribution is 2.27. The number of nitrogens with zero attached hydrogens (tertiary/aromatic N) is 3. The van der Waals surface area contributed by atoms with Crippen molar-refractivity contribution < 1.29 is 13.2 Å². The molecule has 1 amide bonds. The molecule has 1 saturated heterocycles. The SMILES string of the molecule is CCc1ccccc1N(CC(=O)N1CCN(C)CC1)S(=O)(=O)c1ccccc1. The number of sulfonamides is 1. The molecule has 0 radical (unpaired) electrons. The molecule has 0 bridgehead atoms. The first-order chi connectivity index (χ1) is 13.4. The number of aryl methyl sites for hydroxylation is 1. The van der Waals surface area contributed by atoms with Gasteiger partial charge in [0.15, 0.2) is 0 Å². The van der Waals surface area contributed by atoms with Crippen molar-refractivity contribution in [3.05, 3.63) is 60.2 Å². The number of para-hydroxylation sites is 1. The molecule has 7 heteroatoms. The number of carbonyl (C=O) groups is 1. The van der Waals surface area contributed by atoms with Gasteiger partial charge in [0.2, 0.25) is 5.91 Å². The molecule has 1 heterocycles. The molecule has 0 unspecified atom stereocenters. The minimum Gasteiger partial charge on any atom is -0.339 e. The van der Waals surface area contributed by atoms with E-state index in [1.807, 2.05) is 32.2 Å². The maximum atomic E-state index is 13.4. The number of piperazine rings is 1. The highest BCUT2D eigenvalue weighted by molar-refractivity contribution is 7.92. The van der Waals surface area contributed by atoms with E-state index in [1.165, 1.54) is 4.31 Å². The van der Waals surface area contributed by atoms with Crippen molar-refractivity contribution in [2.45, 2.75) is 18.2 Å². The van der Waals surface area contributed by atoms with Crippen molar-refractivity contribution >= 4 is 21.6 Å². The highest BCUT2D eigenvalue weighted by atomic mass is 32.2. The summed E-state index contributed by atoms with van der Waals surface area (Å²) in [4.78, 5) is 17.1. The van der Waals surface area contributed by atoms with Gasteiger partial charge in [-0.05, 0) is 37.2 Å². The standard InChI is InChI=1S/C21H27N3O3S/c1-3-18-9-7-8-12-20(18)24(28(26,27)19-10-5-4-6-11-19)17-21(25)23-15-13-22(2)14-16-23/h4-12H,3,13-17H2,1-2H3. The van der Waals surface area contributed by atoms with E-state index < -0.39 is 10.0 Å². The first-order valence-corrected chi connectivity index (χ1v) is 11.0. The molecule has 6 nitrogen and oxygen atoms in total. The summed E-state index contributed by atoms with van der Waals surface area (Å²) in [6, 6.07) is 15.7. The van der Waals surface area contributed by atoms with Gasteiger partial charge in [0.05, 0.1) is 10.6 Å². The Bertz CT molecular complexity index is 908. The second-order valence-electron chi connectivity index (χ2n) is 6.99. The van der Waals surface area contributed by atoms with E-state index in [0.29, 0.717) is 25.2 Å². The van der Waals surface area contributed by atoms with Gasteiger partial charge in [-0.2, -0.15) is 0 Å². The number of hydrogen-bond donors (Lipinski definition) is 0. The van der Waals surface area contributed by atoms with Gasteiger partial charge in [0.1, 0.15) is 6.54 Å². The first-order valence-electron chi connectivity index (χ1n) is 9.55. The molecule has 0 saturated carbocycles. The number of benzene rings is 2. The molecule has 28 heavy (non-hydrogen) atoms. The van der Waals surface area contributed by atoms with Gasteiger partial charge in [-0.1, -0.05) is 43.3 Å². The Labute approximate surface area is 167 Å². The normalized spacial score (nSPS) is 15.4. The number of hydrogen-bond acceptors (Lipinski definition) is 4. The summed E-state index contributed by atoms with van der Waals surface area (Å²) in [7, 11) is -1.84. The first kappa shape index (κ1) is 20.4. The lowest BCUT2D eigenvalue weighted by molar-refractivity contribution is -0.131. The zero-order valence-electron chi connectivity index (χ0n) is 16.4. The van der Waals surface area contributed by atoms with Gasteiger partial charge < -0.3 is 9.80 Å². The van der Waals surface area contributed by atoms with E-state index in [9.17, 15) is 13.2 Å². The molecule has 2 aromatic carbocycles. The average molecular weight is 402 g/mol. The number of likely N-dealkylation sites (N-methyl/N-ethyl adjacent to an activating group) is 1. The van der Waals surface area contributed by atoms with E-state index in [2.05, 4.69) is 4.90 Å². The predicted molar refractivity (Wildman–Crippen MR) is 111 cm³/mol. The van der Waals surface area contributed by atoms with Crippen LogP contribution in [0, 0.1) is 0 Å². The van der Waals surface area contributed by atoms with Crippen LogP contribution in [0.1, 0.15) is 12.5 Å². The molecular weight excluding hydrogens is 374 g/mol. The molecule has 1 aliphatic rings. The van der Waals surface area contributed by atoms with Crippen LogP contribution in [0.25, 0.3) is 0 Å². The summed E-state index contributed by atoms with van der Waals surface area (Å²) in [6.45, 7) is 4.60. The monoisotopic (exact) mass is 401 g/mol. The lowest BCUT2D eigenvalue weighted by Crippen LogP contribution is -2.51. The van der Waals surface area contributed by atoms with Gasteiger partial charge in [-0.3, -0.25) is 9.10 Å². The topological polar surface area (TPSA) is 60.9 Å². The molecule has 0 aromatic heterocycles. The summed E-state index contributed by atoms with van der Waals surface area (Å²) in [5, 5.41) is 0. The molecule has 2 aromatic rings. The van der Waals surface area contributed by atoms with Crippen molar-refractivity contribution in [1.82, 2.24) is 9.80 Å². The summed E-state index contributed by atoms with van der Waals surface area (Å²) in [5.74, 6) is -0.168. The fourth-order valence-corrected chi connectivity index (χ4v) is 4.82. The maximum absolute atomic E-state index is 13.4. The van der Waals surface area contributed by atoms with E-state index in [1.54, 1.807) is 41.3 Å².